The lowest BCUT2D eigenvalue weighted by Crippen LogP contribution is -2.36. The molecule has 0 fully saturated rings. The number of hydrogen-bond acceptors (Lipinski definition) is 2. The second-order valence-electron chi connectivity index (χ2n) is 3.51. The molecule has 0 aliphatic carbocycles. The van der Waals surface area contributed by atoms with Crippen molar-refractivity contribution in [1.29, 1.82) is 0 Å². The molecule has 1 aromatic carbocycles. The fourth-order valence-corrected chi connectivity index (χ4v) is 1.29. The van der Waals surface area contributed by atoms with E-state index in [1.54, 1.807) is 31.2 Å². The van der Waals surface area contributed by atoms with Crippen LogP contribution in [-0.2, 0) is 4.79 Å². The maximum Gasteiger partial charge on any atom is 0.260 e. The minimum atomic E-state index is -0.493. The van der Waals surface area contributed by atoms with Crippen molar-refractivity contribution in [2.24, 2.45) is 0 Å². The minimum Gasteiger partial charge on any atom is -0.481 e. The van der Waals surface area contributed by atoms with Crippen LogP contribution in [0.2, 0.25) is 5.02 Å². The number of carbonyl (C=O) groups is 1. The SMILES string of the molecule is CCCNC(=O)C(C)Oc1ccc(Cl)cc1. The van der Waals surface area contributed by atoms with Crippen molar-refractivity contribution in [2.45, 2.75) is 26.4 Å². The first-order valence-corrected chi connectivity index (χ1v) is 5.71. The first kappa shape index (κ1) is 12.8. The Morgan fingerprint density at radius 3 is 2.62 bits per heavy atom. The molecule has 1 unspecified atom stereocenters. The summed E-state index contributed by atoms with van der Waals surface area (Å²) in [4.78, 5) is 11.5. The molecule has 0 aliphatic rings. The molecule has 0 aromatic heterocycles. The number of carbonyl (C=O) groups excluding carboxylic acids is 1. The third kappa shape index (κ3) is 4.11. The van der Waals surface area contributed by atoms with Crippen molar-refractivity contribution >= 4 is 17.5 Å². The van der Waals surface area contributed by atoms with Crippen LogP contribution in [0.3, 0.4) is 0 Å². The van der Waals surface area contributed by atoms with Gasteiger partial charge in [0.15, 0.2) is 6.10 Å². The lowest BCUT2D eigenvalue weighted by atomic mass is 10.3. The highest BCUT2D eigenvalue weighted by Crippen LogP contribution is 2.16. The quantitative estimate of drug-likeness (QED) is 0.861. The molecule has 1 N–H and O–H groups in total. The topological polar surface area (TPSA) is 38.3 Å². The average molecular weight is 242 g/mol. The van der Waals surface area contributed by atoms with Gasteiger partial charge in [0.1, 0.15) is 5.75 Å². The maximum atomic E-state index is 11.5. The van der Waals surface area contributed by atoms with Crippen LogP contribution in [0.15, 0.2) is 24.3 Å². The molecule has 0 heterocycles. The second-order valence-corrected chi connectivity index (χ2v) is 3.94. The molecule has 0 radical (unpaired) electrons. The monoisotopic (exact) mass is 241 g/mol. The fourth-order valence-electron chi connectivity index (χ4n) is 1.16. The standard InChI is InChI=1S/C12H16ClNO2/c1-3-8-14-12(15)9(2)16-11-6-4-10(13)5-7-11/h4-7,9H,3,8H2,1-2H3,(H,14,15). The van der Waals surface area contributed by atoms with Crippen LogP contribution in [0.1, 0.15) is 20.3 Å². The van der Waals surface area contributed by atoms with Crippen molar-refractivity contribution in [2.75, 3.05) is 6.54 Å². The highest BCUT2D eigenvalue weighted by Gasteiger charge is 2.13. The summed E-state index contributed by atoms with van der Waals surface area (Å²) < 4.78 is 5.46. The summed E-state index contributed by atoms with van der Waals surface area (Å²) in [6.45, 7) is 4.40. The zero-order chi connectivity index (χ0) is 12.0. The summed E-state index contributed by atoms with van der Waals surface area (Å²) in [6.07, 6.45) is 0.423. The Bertz CT molecular complexity index is 337. The Hall–Kier alpha value is -1.22. The number of nitrogens with one attached hydrogen (secondary N) is 1. The number of benzene rings is 1. The van der Waals surface area contributed by atoms with Crippen LogP contribution >= 0.6 is 11.6 Å². The van der Waals surface area contributed by atoms with E-state index in [0.717, 1.165) is 6.42 Å². The van der Waals surface area contributed by atoms with Gasteiger partial charge < -0.3 is 10.1 Å². The zero-order valence-electron chi connectivity index (χ0n) is 9.50. The molecular formula is C12H16ClNO2. The number of rotatable bonds is 5. The van der Waals surface area contributed by atoms with Crippen LogP contribution in [0.5, 0.6) is 5.75 Å². The van der Waals surface area contributed by atoms with E-state index >= 15 is 0 Å². The summed E-state index contributed by atoms with van der Waals surface area (Å²) in [6, 6.07) is 6.94. The molecule has 1 rings (SSSR count). The number of ether oxygens (including phenoxy) is 1. The number of amides is 1. The second kappa shape index (κ2) is 6.38. The molecule has 0 saturated heterocycles. The predicted molar refractivity (Wildman–Crippen MR) is 64.8 cm³/mol. The van der Waals surface area contributed by atoms with Crippen LogP contribution in [0, 0.1) is 0 Å². The summed E-state index contributed by atoms with van der Waals surface area (Å²) >= 11 is 5.74. The summed E-state index contributed by atoms with van der Waals surface area (Å²) in [5, 5.41) is 3.42. The van der Waals surface area contributed by atoms with E-state index < -0.39 is 6.10 Å². The third-order valence-electron chi connectivity index (χ3n) is 2.04. The first-order valence-electron chi connectivity index (χ1n) is 5.33. The summed E-state index contributed by atoms with van der Waals surface area (Å²) in [7, 11) is 0. The lowest BCUT2D eigenvalue weighted by Gasteiger charge is -2.14. The average Bonchev–Trinajstić information content (AvgIpc) is 2.29. The maximum absolute atomic E-state index is 11.5. The van der Waals surface area contributed by atoms with Gasteiger partial charge in [-0.15, -0.1) is 0 Å². The Morgan fingerprint density at radius 2 is 2.06 bits per heavy atom. The van der Waals surface area contributed by atoms with Crippen LogP contribution < -0.4 is 10.1 Å². The van der Waals surface area contributed by atoms with Gasteiger partial charge in [-0.05, 0) is 37.6 Å². The smallest absolute Gasteiger partial charge is 0.260 e. The molecule has 16 heavy (non-hydrogen) atoms. The van der Waals surface area contributed by atoms with Gasteiger partial charge in [0, 0.05) is 11.6 Å². The van der Waals surface area contributed by atoms with Crippen molar-refractivity contribution in [3.63, 3.8) is 0 Å². The van der Waals surface area contributed by atoms with E-state index in [4.69, 9.17) is 16.3 Å². The first-order chi connectivity index (χ1) is 7.63. The van der Waals surface area contributed by atoms with Gasteiger partial charge in [0.05, 0.1) is 0 Å². The van der Waals surface area contributed by atoms with E-state index in [0.29, 0.717) is 17.3 Å². The Morgan fingerprint density at radius 1 is 1.44 bits per heavy atom. The lowest BCUT2D eigenvalue weighted by molar-refractivity contribution is -0.127. The van der Waals surface area contributed by atoms with Gasteiger partial charge in [0.25, 0.3) is 5.91 Å². The number of hydrogen-bond donors (Lipinski definition) is 1. The molecule has 0 saturated carbocycles. The van der Waals surface area contributed by atoms with Gasteiger partial charge in [-0.2, -0.15) is 0 Å². The van der Waals surface area contributed by atoms with E-state index in [-0.39, 0.29) is 5.91 Å². The van der Waals surface area contributed by atoms with E-state index in [1.807, 2.05) is 6.92 Å². The fraction of sp³-hybridized carbons (Fsp3) is 0.417. The molecular weight excluding hydrogens is 226 g/mol. The summed E-state index contributed by atoms with van der Waals surface area (Å²) in [5.74, 6) is 0.542. The van der Waals surface area contributed by atoms with Crippen LogP contribution in [0.25, 0.3) is 0 Å². The number of halogens is 1. The van der Waals surface area contributed by atoms with Gasteiger partial charge in [0.2, 0.25) is 0 Å². The normalized spacial score (nSPS) is 11.9. The molecule has 1 atom stereocenters. The van der Waals surface area contributed by atoms with Gasteiger partial charge in [-0.3, -0.25) is 4.79 Å². The Kier molecular flexibility index (Phi) is 5.12. The van der Waals surface area contributed by atoms with Crippen molar-refractivity contribution in [3.05, 3.63) is 29.3 Å². The van der Waals surface area contributed by atoms with Crippen molar-refractivity contribution in [1.82, 2.24) is 5.32 Å². The van der Waals surface area contributed by atoms with Gasteiger partial charge >= 0.3 is 0 Å². The van der Waals surface area contributed by atoms with E-state index in [2.05, 4.69) is 5.32 Å². The Balaban J connectivity index is 2.47. The van der Waals surface area contributed by atoms with Crippen molar-refractivity contribution in [3.8, 4) is 5.75 Å². The molecule has 4 heteroatoms. The van der Waals surface area contributed by atoms with Crippen LogP contribution in [-0.4, -0.2) is 18.6 Å². The minimum absolute atomic E-state index is 0.100. The molecule has 0 spiro atoms. The van der Waals surface area contributed by atoms with Gasteiger partial charge in [-0.25, -0.2) is 0 Å². The molecule has 0 aliphatic heterocycles. The molecule has 1 aromatic rings. The highest BCUT2D eigenvalue weighted by molar-refractivity contribution is 6.30. The van der Waals surface area contributed by atoms with E-state index in [9.17, 15) is 4.79 Å². The van der Waals surface area contributed by atoms with E-state index in [1.165, 1.54) is 0 Å². The van der Waals surface area contributed by atoms with Crippen LogP contribution in [0.4, 0.5) is 0 Å². The third-order valence-corrected chi connectivity index (χ3v) is 2.30. The molecule has 0 bridgehead atoms. The predicted octanol–water partition coefficient (Wildman–Crippen LogP) is 2.63. The van der Waals surface area contributed by atoms with Gasteiger partial charge in [-0.1, -0.05) is 18.5 Å². The Labute approximate surface area is 101 Å². The zero-order valence-corrected chi connectivity index (χ0v) is 10.3. The molecule has 1 amide bonds. The molecule has 88 valence electrons. The highest BCUT2D eigenvalue weighted by atomic mass is 35.5. The molecule has 3 nitrogen and oxygen atoms in total. The largest absolute Gasteiger partial charge is 0.481 e. The van der Waals surface area contributed by atoms with Crippen molar-refractivity contribution < 1.29 is 9.53 Å². The summed E-state index contributed by atoms with van der Waals surface area (Å²) in [5.41, 5.74) is 0.